The highest BCUT2D eigenvalue weighted by molar-refractivity contribution is 7.97. The number of hydrogen-bond acceptors (Lipinski definition) is 4. The maximum atomic E-state index is 11.0. The van der Waals surface area contributed by atoms with Crippen LogP contribution < -0.4 is 0 Å². The molecule has 4 nitrogen and oxygen atoms in total. The summed E-state index contributed by atoms with van der Waals surface area (Å²) in [6.45, 7) is 1.95. The van der Waals surface area contributed by atoms with Crippen LogP contribution in [-0.2, 0) is 23.4 Å². The smallest absolute Gasteiger partial charge is 0.306 e. The summed E-state index contributed by atoms with van der Waals surface area (Å²) in [6.07, 6.45) is 4.06. The third-order valence-corrected chi connectivity index (χ3v) is 3.70. The summed E-state index contributed by atoms with van der Waals surface area (Å²) in [7, 11) is 0. The van der Waals surface area contributed by atoms with Crippen molar-refractivity contribution in [3.63, 3.8) is 0 Å². The standard InChI is InChI=1S/C12H16N2O2S/c1-7-9-5-8(12(15)16)3-4-10(9)14-11(13-7)6-17-2/h8H,3-6H2,1-2H3,(H,15,16). The van der Waals surface area contributed by atoms with Gasteiger partial charge in [0.1, 0.15) is 5.82 Å². The number of hydrogen-bond donors (Lipinski definition) is 1. The Balaban J connectivity index is 2.30. The second kappa shape index (κ2) is 5.04. The molecule has 1 heterocycles. The molecule has 1 atom stereocenters. The van der Waals surface area contributed by atoms with E-state index in [1.54, 1.807) is 11.8 Å². The zero-order chi connectivity index (χ0) is 12.4. The zero-order valence-electron chi connectivity index (χ0n) is 10.1. The summed E-state index contributed by atoms with van der Waals surface area (Å²) in [6, 6.07) is 0. The summed E-state index contributed by atoms with van der Waals surface area (Å²) in [4.78, 5) is 20.0. The molecule has 0 bridgehead atoms. The number of aromatic nitrogens is 2. The van der Waals surface area contributed by atoms with E-state index in [0.29, 0.717) is 12.8 Å². The lowest BCUT2D eigenvalue weighted by Crippen LogP contribution is -2.24. The average molecular weight is 252 g/mol. The van der Waals surface area contributed by atoms with E-state index in [4.69, 9.17) is 5.11 Å². The number of fused-ring (bicyclic) bond motifs is 1. The molecule has 0 fully saturated rings. The fraction of sp³-hybridized carbons (Fsp3) is 0.583. The predicted molar refractivity (Wildman–Crippen MR) is 67.1 cm³/mol. The molecule has 0 saturated heterocycles. The zero-order valence-corrected chi connectivity index (χ0v) is 10.9. The lowest BCUT2D eigenvalue weighted by molar-refractivity contribution is -0.142. The van der Waals surface area contributed by atoms with Gasteiger partial charge < -0.3 is 5.11 Å². The van der Waals surface area contributed by atoms with Crippen LogP contribution in [0.1, 0.15) is 29.2 Å². The maximum Gasteiger partial charge on any atom is 0.306 e. The topological polar surface area (TPSA) is 63.1 Å². The fourth-order valence-corrected chi connectivity index (χ4v) is 2.64. The third-order valence-electron chi connectivity index (χ3n) is 3.15. The molecule has 0 spiro atoms. The van der Waals surface area contributed by atoms with Crippen molar-refractivity contribution in [2.75, 3.05) is 6.26 Å². The van der Waals surface area contributed by atoms with Crippen LogP contribution in [0, 0.1) is 12.8 Å². The Morgan fingerprint density at radius 1 is 1.53 bits per heavy atom. The van der Waals surface area contributed by atoms with E-state index >= 15 is 0 Å². The van der Waals surface area contributed by atoms with Crippen molar-refractivity contribution in [1.82, 2.24) is 9.97 Å². The SMILES string of the molecule is CSCc1nc(C)c2c(n1)CCC(C(=O)O)C2. The molecule has 1 aliphatic carbocycles. The number of carboxylic acid groups (broad SMARTS) is 1. The van der Waals surface area contributed by atoms with E-state index in [2.05, 4.69) is 9.97 Å². The van der Waals surface area contributed by atoms with Crippen molar-refractivity contribution in [1.29, 1.82) is 0 Å². The molecule has 0 amide bonds. The molecule has 2 rings (SSSR count). The molecule has 92 valence electrons. The second-order valence-corrected chi connectivity index (χ2v) is 5.23. The first-order valence-corrected chi connectivity index (χ1v) is 7.08. The van der Waals surface area contributed by atoms with Crippen molar-refractivity contribution in [2.45, 2.75) is 31.9 Å². The van der Waals surface area contributed by atoms with Gasteiger partial charge in [-0.3, -0.25) is 4.79 Å². The first kappa shape index (κ1) is 12.4. The summed E-state index contributed by atoms with van der Waals surface area (Å²) < 4.78 is 0. The summed E-state index contributed by atoms with van der Waals surface area (Å²) >= 11 is 1.70. The Kier molecular flexibility index (Phi) is 3.66. The molecule has 1 unspecified atom stereocenters. The van der Waals surface area contributed by atoms with Gasteiger partial charge in [0.05, 0.1) is 11.7 Å². The summed E-state index contributed by atoms with van der Waals surface area (Å²) in [5, 5.41) is 9.05. The van der Waals surface area contributed by atoms with Gasteiger partial charge in [-0.15, -0.1) is 0 Å². The van der Waals surface area contributed by atoms with Crippen LogP contribution in [0.3, 0.4) is 0 Å². The number of rotatable bonds is 3. The van der Waals surface area contributed by atoms with Crippen LogP contribution in [0.15, 0.2) is 0 Å². The summed E-state index contributed by atoms with van der Waals surface area (Å²) in [5.74, 6) is 0.707. The number of carboxylic acids is 1. The van der Waals surface area contributed by atoms with Crippen molar-refractivity contribution < 1.29 is 9.90 Å². The van der Waals surface area contributed by atoms with Crippen LogP contribution in [-0.4, -0.2) is 27.3 Å². The van der Waals surface area contributed by atoms with Gasteiger partial charge in [-0.2, -0.15) is 11.8 Å². The third kappa shape index (κ3) is 2.60. The molecule has 0 radical (unpaired) electrons. The lowest BCUT2D eigenvalue weighted by Gasteiger charge is -2.22. The minimum atomic E-state index is -0.705. The molecule has 5 heteroatoms. The highest BCUT2D eigenvalue weighted by Gasteiger charge is 2.26. The summed E-state index contributed by atoms with van der Waals surface area (Å²) in [5.41, 5.74) is 3.05. The molecular formula is C12H16N2O2S. The van der Waals surface area contributed by atoms with Gasteiger partial charge in [-0.1, -0.05) is 0 Å². The van der Waals surface area contributed by atoms with Gasteiger partial charge in [0.2, 0.25) is 0 Å². The number of thioether (sulfide) groups is 1. The van der Waals surface area contributed by atoms with Gasteiger partial charge in [0.25, 0.3) is 0 Å². The first-order valence-electron chi connectivity index (χ1n) is 5.68. The highest BCUT2D eigenvalue weighted by atomic mass is 32.2. The van der Waals surface area contributed by atoms with E-state index in [9.17, 15) is 4.79 Å². The van der Waals surface area contributed by atoms with Crippen LogP contribution in [0.4, 0.5) is 0 Å². The number of carbonyl (C=O) groups is 1. The molecule has 0 aromatic carbocycles. The van der Waals surface area contributed by atoms with Crippen LogP contribution in [0.2, 0.25) is 0 Å². The van der Waals surface area contributed by atoms with E-state index < -0.39 is 5.97 Å². The number of nitrogens with zero attached hydrogens (tertiary/aromatic N) is 2. The Bertz CT molecular complexity index is 448. The van der Waals surface area contributed by atoms with E-state index in [0.717, 1.165) is 34.9 Å². The van der Waals surface area contributed by atoms with Crippen LogP contribution in [0.5, 0.6) is 0 Å². The molecule has 0 saturated carbocycles. The van der Waals surface area contributed by atoms with Crippen molar-refractivity contribution >= 4 is 17.7 Å². The largest absolute Gasteiger partial charge is 0.481 e. The Morgan fingerprint density at radius 3 is 2.94 bits per heavy atom. The van der Waals surface area contributed by atoms with Gasteiger partial charge in [0, 0.05) is 11.4 Å². The van der Waals surface area contributed by atoms with Gasteiger partial charge in [-0.25, -0.2) is 9.97 Å². The normalized spacial score (nSPS) is 18.8. The van der Waals surface area contributed by atoms with E-state index in [1.807, 2.05) is 13.2 Å². The van der Waals surface area contributed by atoms with Crippen molar-refractivity contribution in [3.8, 4) is 0 Å². The average Bonchev–Trinajstić information content (AvgIpc) is 2.29. The van der Waals surface area contributed by atoms with Crippen molar-refractivity contribution in [2.24, 2.45) is 5.92 Å². The second-order valence-electron chi connectivity index (χ2n) is 4.36. The molecule has 1 N–H and O–H groups in total. The van der Waals surface area contributed by atoms with Gasteiger partial charge >= 0.3 is 5.97 Å². The molecule has 17 heavy (non-hydrogen) atoms. The predicted octanol–water partition coefficient (Wildman–Crippen LogP) is 1.84. The minimum absolute atomic E-state index is 0.267. The lowest BCUT2D eigenvalue weighted by atomic mass is 9.86. The molecular weight excluding hydrogens is 236 g/mol. The fourth-order valence-electron chi connectivity index (χ4n) is 2.25. The molecule has 0 aliphatic heterocycles. The Morgan fingerprint density at radius 2 is 2.29 bits per heavy atom. The molecule has 1 aliphatic rings. The van der Waals surface area contributed by atoms with Gasteiger partial charge in [0.15, 0.2) is 0 Å². The molecule has 1 aromatic rings. The van der Waals surface area contributed by atoms with Crippen LogP contribution >= 0.6 is 11.8 Å². The van der Waals surface area contributed by atoms with E-state index in [1.165, 1.54) is 0 Å². The minimum Gasteiger partial charge on any atom is -0.481 e. The maximum absolute atomic E-state index is 11.0. The quantitative estimate of drug-likeness (QED) is 0.889. The molecule has 1 aromatic heterocycles. The monoisotopic (exact) mass is 252 g/mol. The van der Waals surface area contributed by atoms with Crippen LogP contribution in [0.25, 0.3) is 0 Å². The number of aliphatic carboxylic acids is 1. The Hall–Kier alpha value is -1.10. The van der Waals surface area contributed by atoms with E-state index in [-0.39, 0.29) is 5.92 Å². The first-order chi connectivity index (χ1) is 8.11. The number of aryl methyl sites for hydroxylation is 2. The highest BCUT2D eigenvalue weighted by Crippen LogP contribution is 2.26. The Labute approximate surface area is 105 Å². The van der Waals surface area contributed by atoms with Gasteiger partial charge in [-0.05, 0) is 38.0 Å². The van der Waals surface area contributed by atoms with Crippen molar-refractivity contribution in [3.05, 3.63) is 22.8 Å².